The maximum atomic E-state index is 11.8. The average Bonchev–Trinajstić information content (AvgIpc) is 3.08. The zero-order chi connectivity index (χ0) is 12.1. The molecule has 0 N–H and O–H groups in total. The number of carbonyl (C=O) groups excluding carboxylic acids is 1. The van der Waals surface area contributed by atoms with Crippen molar-refractivity contribution in [3.05, 3.63) is 22.7 Å². The molecule has 4 rings (SSSR count). The molecule has 0 amide bonds. The van der Waals surface area contributed by atoms with Crippen molar-refractivity contribution in [2.75, 3.05) is 0 Å². The van der Waals surface area contributed by atoms with Crippen molar-refractivity contribution in [2.45, 2.75) is 51.4 Å². The fraction of sp³-hybridized carbons (Fsp3) is 0.667. The first-order chi connectivity index (χ1) is 8.78. The van der Waals surface area contributed by atoms with Crippen molar-refractivity contribution in [2.24, 2.45) is 11.8 Å². The molecule has 4 aliphatic carbocycles. The molecule has 0 aromatic heterocycles. The molecule has 4 bridgehead atoms. The Hall–Kier alpha value is -1.25. The summed E-state index contributed by atoms with van der Waals surface area (Å²) < 4.78 is 10.8. The zero-order valence-corrected chi connectivity index (χ0v) is 10.5. The van der Waals surface area contributed by atoms with Crippen molar-refractivity contribution < 1.29 is 14.3 Å². The minimum Gasteiger partial charge on any atom is -0.399 e. The topological polar surface area (TPSA) is 35.5 Å². The van der Waals surface area contributed by atoms with Gasteiger partial charge in [0.05, 0.1) is 0 Å². The molecule has 2 unspecified atom stereocenters. The van der Waals surface area contributed by atoms with Gasteiger partial charge in [0, 0.05) is 12.8 Å². The van der Waals surface area contributed by atoms with Gasteiger partial charge in [0.2, 0.25) is 0 Å². The number of carbonyl (C=O) groups is 1. The molecule has 0 aliphatic heterocycles. The molecule has 4 aliphatic rings. The molecule has 0 aromatic carbocycles. The van der Waals surface area contributed by atoms with Gasteiger partial charge in [0.15, 0.2) is 0 Å². The van der Waals surface area contributed by atoms with E-state index in [1.165, 1.54) is 24.0 Å². The van der Waals surface area contributed by atoms with Gasteiger partial charge in [-0.15, -0.1) is 0 Å². The monoisotopic (exact) mass is 246 g/mol. The molecule has 3 nitrogen and oxygen atoms in total. The lowest BCUT2D eigenvalue weighted by Gasteiger charge is -2.14. The van der Waals surface area contributed by atoms with E-state index in [1.807, 2.05) is 0 Å². The molecule has 2 atom stereocenters. The van der Waals surface area contributed by atoms with Crippen LogP contribution in [0.2, 0.25) is 0 Å². The van der Waals surface area contributed by atoms with Crippen molar-refractivity contribution in [1.82, 2.24) is 0 Å². The second kappa shape index (κ2) is 3.87. The molecule has 0 aromatic rings. The molecule has 2 saturated carbocycles. The Morgan fingerprint density at radius 3 is 1.67 bits per heavy atom. The molecule has 3 heteroatoms. The Bertz CT molecular complexity index is 430. The molecule has 96 valence electrons. The largest absolute Gasteiger partial charge is 0.518 e. The second-order valence-electron chi connectivity index (χ2n) is 6.13. The highest BCUT2D eigenvalue weighted by molar-refractivity contribution is 5.63. The van der Waals surface area contributed by atoms with E-state index in [9.17, 15) is 4.79 Å². The van der Waals surface area contributed by atoms with Crippen molar-refractivity contribution in [1.29, 1.82) is 0 Å². The molecular formula is C15H18O3. The number of allylic oxidation sites excluding steroid dienone is 4. The summed E-state index contributed by atoms with van der Waals surface area (Å²) in [6.07, 6.45) is 8.43. The number of fused-ring (bicyclic) bond motifs is 4. The van der Waals surface area contributed by atoms with Crippen LogP contribution in [0.4, 0.5) is 4.79 Å². The Balaban J connectivity index is 1.40. The lowest BCUT2D eigenvalue weighted by molar-refractivity contribution is 0.0939. The summed E-state index contributed by atoms with van der Waals surface area (Å²) in [6.45, 7) is 0. The van der Waals surface area contributed by atoms with Crippen molar-refractivity contribution in [3.8, 4) is 0 Å². The third kappa shape index (κ3) is 1.68. The van der Waals surface area contributed by atoms with Crippen LogP contribution in [0.3, 0.4) is 0 Å². The van der Waals surface area contributed by atoms with Crippen LogP contribution in [-0.2, 0) is 9.47 Å². The van der Waals surface area contributed by atoms with E-state index in [-0.39, 0.29) is 0 Å². The normalized spacial score (nSPS) is 32.7. The van der Waals surface area contributed by atoms with Gasteiger partial charge in [-0.1, -0.05) is 0 Å². The second-order valence-corrected chi connectivity index (χ2v) is 6.13. The maximum absolute atomic E-state index is 11.8. The molecule has 0 heterocycles. The first-order valence-corrected chi connectivity index (χ1v) is 7.09. The Kier molecular flexibility index (Phi) is 2.29. The summed E-state index contributed by atoms with van der Waals surface area (Å²) in [6, 6.07) is 0. The molecule has 0 spiro atoms. The Morgan fingerprint density at radius 2 is 1.33 bits per heavy atom. The lowest BCUT2D eigenvalue weighted by Crippen LogP contribution is -2.10. The molecular weight excluding hydrogens is 228 g/mol. The summed E-state index contributed by atoms with van der Waals surface area (Å²) in [4.78, 5) is 11.8. The minimum absolute atomic E-state index is 0.500. The third-order valence-corrected chi connectivity index (χ3v) is 4.93. The summed E-state index contributed by atoms with van der Waals surface area (Å²) >= 11 is 0. The molecule has 0 saturated heterocycles. The molecule has 18 heavy (non-hydrogen) atoms. The van der Waals surface area contributed by atoms with Gasteiger partial charge in [0.1, 0.15) is 11.5 Å². The summed E-state index contributed by atoms with van der Waals surface area (Å²) in [5.74, 6) is 3.27. The van der Waals surface area contributed by atoms with Crippen LogP contribution in [0.25, 0.3) is 0 Å². The molecule has 0 radical (unpaired) electrons. The summed E-state index contributed by atoms with van der Waals surface area (Å²) in [5, 5.41) is 0. The predicted octanol–water partition coefficient (Wildman–Crippen LogP) is 4.06. The van der Waals surface area contributed by atoms with E-state index in [1.54, 1.807) is 0 Å². The van der Waals surface area contributed by atoms with Crippen LogP contribution >= 0.6 is 0 Å². The van der Waals surface area contributed by atoms with Crippen molar-refractivity contribution >= 4 is 6.16 Å². The first-order valence-electron chi connectivity index (χ1n) is 7.09. The van der Waals surface area contributed by atoms with Gasteiger partial charge in [-0.25, -0.2) is 4.79 Å². The predicted molar refractivity (Wildman–Crippen MR) is 65.5 cm³/mol. The quantitative estimate of drug-likeness (QED) is 0.689. The van der Waals surface area contributed by atoms with E-state index in [4.69, 9.17) is 9.47 Å². The minimum atomic E-state index is -0.500. The van der Waals surface area contributed by atoms with Crippen LogP contribution in [0.1, 0.15) is 51.4 Å². The van der Waals surface area contributed by atoms with Gasteiger partial charge in [-0.05, 0) is 61.5 Å². The van der Waals surface area contributed by atoms with Gasteiger partial charge in [0.25, 0.3) is 0 Å². The summed E-state index contributed by atoms with van der Waals surface area (Å²) in [5.41, 5.74) is 2.70. The van der Waals surface area contributed by atoms with Crippen LogP contribution in [0.5, 0.6) is 0 Å². The number of hydrogen-bond donors (Lipinski definition) is 0. The van der Waals surface area contributed by atoms with E-state index >= 15 is 0 Å². The van der Waals surface area contributed by atoms with Crippen LogP contribution < -0.4 is 0 Å². The summed E-state index contributed by atoms with van der Waals surface area (Å²) in [7, 11) is 0. The first kappa shape index (κ1) is 10.7. The average molecular weight is 246 g/mol. The highest BCUT2D eigenvalue weighted by Gasteiger charge is 2.35. The third-order valence-electron chi connectivity index (χ3n) is 4.93. The van der Waals surface area contributed by atoms with Gasteiger partial charge >= 0.3 is 6.16 Å². The maximum Gasteiger partial charge on any atom is 0.518 e. The number of rotatable bonds is 2. The smallest absolute Gasteiger partial charge is 0.399 e. The highest BCUT2D eigenvalue weighted by atomic mass is 16.7. The number of hydrogen-bond acceptors (Lipinski definition) is 3. The van der Waals surface area contributed by atoms with Crippen LogP contribution in [-0.4, -0.2) is 6.16 Å². The van der Waals surface area contributed by atoms with Crippen LogP contribution in [0, 0.1) is 11.8 Å². The standard InChI is InChI=1S/C15H18O3/c16-15(17-13-7-9-1-3-11(13)5-9)18-14-8-10-2-4-12(14)6-10/h9-10H,1-8H2. The van der Waals surface area contributed by atoms with E-state index in [2.05, 4.69) is 0 Å². The van der Waals surface area contributed by atoms with Gasteiger partial charge in [-0.2, -0.15) is 0 Å². The zero-order valence-electron chi connectivity index (χ0n) is 10.5. The SMILES string of the molecule is O=C(OC1=C2CCC(C2)C1)OC1=C2CCC(C2)C1. The van der Waals surface area contributed by atoms with Gasteiger partial charge < -0.3 is 9.47 Å². The van der Waals surface area contributed by atoms with E-state index < -0.39 is 6.16 Å². The van der Waals surface area contributed by atoms with E-state index in [0.717, 1.165) is 61.9 Å². The Labute approximate surface area is 107 Å². The van der Waals surface area contributed by atoms with Gasteiger partial charge in [-0.3, -0.25) is 0 Å². The van der Waals surface area contributed by atoms with E-state index in [0.29, 0.717) is 0 Å². The van der Waals surface area contributed by atoms with Crippen LogP contribution in [0.15, 0.2) is 22.7 Å². The fourth-order valence-electron chi connectivity index (χ4n) is 3.98. The lowest BCUT2D eigenvalue weighted by atomic mass is 10.0. The highest BCUT2D eigenvalue weighted by Crippen LogP contribution is 2.46. The fourth-order valence-corrected chi connectivity index (χ4v) is 3.98. The molecule has 2 fully saturated rings. The van der Waals surface area contributed by atoms with Crippen molar-refractivity contribution in [3.63, 3.8) is 0 Å². The Morgan fingerprint density at radius 1 is 0.833 bits per heavy atom. The number of ether oxygens (including phenoxy) is 2.